The Morgan fingerprint density at radius 2 is 2.27 bits per heavy atom. The van der Waals surface area contributed by atoms with Crippen LogP contribution in [-0.4, -0.2) is 29.8 Å². The summed E-state index contributed by atoms with van der Waals surface area (Å²) in [6.07, 6.45) is 5.61. The summed E-state index contributed by atoms with van der Waals surface area (Å²) in [5, 5.41) is 6.97. The third-order valence-electron chi connectivity index (χ3n) is 5.04. The molecular formula is C17H26N2O3. The summed E-state index contributed by atoms with van der Waals surface area (Å²) >= 11 is 0. The summed E-state index contributed by atoms with van der Waals surface area (Å²) in [5.41, 5.74) is 0.361. The van der Waals surface area contributed by atoms with Crippen molar-refractivity contribution in [1.82, 2.24) is 10.5 Å². The number of amides is 1. The molecule has 1 aromatic heterocycles. The predicted octanol–water partition coefficient (Wildman–Crippen LogP) is 3.27. The SMILES string of the molecule is CCCCOC1CC(NC(=O)c2cc(C3CC3)on2)C1(C)C. The van der Waals surface area contributed by atoms with Gasteiger partial charge in [-0.2, -0.15) is 0 Å². The fraction of sp³-hybridized carbons (Fsp3) is 0.765. The number of rotatable bonds is 7. The van der Waals surface area contributed by atoms with E-state index in [1.807, 2.05) is 0 Å². The Hall–Kier alpha value is -1.36. The van der Waals surface area contributed by atoms with E-state index in [9.17, 15) is 4.79 Å². The van der Waals surface area contributed by atoms with Gasteiger partial charge in [0.05, 0.1) is 6.10 Å². The number of ether oxygens (including phenoxy) is 1. The first-order valence-electron chi connectivity index (χ1n) is 8.41. The van der Waals surface area contributed by atoms with Crippen LogP contribution in [0.15, 0.2) is 10.6 Å². The van der Waals surface area contributed by atoms with E-state index in [0.29, 0.717) is 11.6 Å². The van der Waals surface area contributed by atoms with Crippen LogP contribution in [0.5, 0.6) is 0 Å². The molecule has 2 fully saturated rings. The van der Waals surface area contributed by atoms with Gasteiger partial charge in [0.1, 0.15) is 5.76 Å². The topological polar surface area (TPSA) is 64.4 Å². The average molecular weight is 306 g/mol. The highest BCUT2D eigenvalue weighted by molar-refractivity contribution is 5.92. The molecule has 0 aliphatic heterocycles. The number of hydrogen-bond donors (Lipinski definition) is 1. The van der Waals surface area contributed by atoms with Gasteiger partial charge in [-0.1, -0.05) is 32.3 Å². The van der Waals surface area contributed by atoms with E-state index in [0.717, 1.165) is 44.5 Å². The molecule has 2 aliphatic rings. The lowest BCUT2D eigenvalue weighted by Crippen LogP contribution is -2.62. The fourth-order valence-electron chi connectivity index (χ4n) is 2.97. The first-order valence-corrected chi connectivity index (χ1v) is 8.41. The molecule has 2 unspecified atom stereocenters. The van der Waals surface area contributed by atoms with Gasteiger partial charge in [-0.05, 0) is 25.7 Å². The van der Waals surface area contributed by atoms with Crippen LogP contribution in [-0.2, 0) is 4.74 Å². The molecule has 0 radical (unpaired) electrons. The molecule has 122 valence electrons. The van der Waals surface area contributed by atoms with Gasteiger partial charge in [-0.15, -0.1) is 0 Å². The molecule has 1 N–H and O–H groups in total. The van der Waals surface area contributed by atoms with Crippen LogP contribution >= 0.6 is 0 Å². The number of aromatic nitrogens is 1. The summed E-state index contributed by atoms with van der Waals surface area (Å²) in [6, 6.07) is 1.92. The minimum atomic E-state index is -0.138. The Bertz CT molecular complexity index is 534. The first kappa shape index (κ1) is 15.5. The third kappa shape index (κ3) is 3.05. The number of nitrogens with one attached hydrogen (secondary N) is 1. The number of unbranched alkanes of at least 4 members (excludes halogenated alkanes) is 1. The number of carbonyl (C=O) groups excluding carboxylic acids is 1. The number of nitrogens with zero attached hydrogens (tertiary/aromatic N) is 1. The largest absolute Gasteiger partial charge is 0.378 e. The Balaban J connectivity index is 1.51. The summed E-state index contributed by atoms with van der Waals surface area (Å²) in [5.74, 6) is 1.19. The molecule has 0 bridgehead atoms. The molecule has 0 saturated heterocycles. The maximum atomic E-state index is 12.3. The highest BCUT2D eigenvalue weighted by atomic mass is 16.5. The Kier molecular flexibility index (Phi) is 4.26. The predicted molar refractivity (Wildman–Crippen MR) is 82.8 cm³/mol. The Morgan fingerprint density at radius 1 is 1.50 bits per heavy atom. The van der Waals surface area contributed by atoms with Crippen molar-refractivity contribution in [2.24, 2.45) is 5.41 Å². The maximum absolute atomic E-state index is 12.3. The van der Waals surface area contributed by atoms with E-state index < -0.39 is 0 Å². The molecule has 2 saturated carbocycles. The van der Waals surface area contributed by atoms with Crippen LogP contribution in [0.1, 0.15) is 75.0 Å². The molecule has 1 amide bonds. The number of hydrogen-bond acceptors (Lipinski definition) is 4. The highest BCUT2D eigenvalue weighted by Crippen LogP contribution is 2.43. The van der Waals surface area contributed by atoms with Gasteiger partial charge in [0, 0.05) is 30.0 Å². The summed E-state index contributed by atoms with van der Waals surface area (Å²) < 4.78 is 11.2. The summed E-state index contributed by atoms with van der Waals surface area (Å²) in [4.78, 5) is 12.3. The molecule has 0 aromatic carbocycles. The van der Waals surface area contributed by atoms with Gasteiger partial charge in [0.15, 0.2) is 5.69 Å². The number of carbonyl (C=O) groups is 1. The second-order valence-electron chi connectivity index (χ2n) is 7.18. The molecule has 2 aliphatic carbocycles. The van der Waals surface area contributed by atoms with Crippen LogP contribution in [0.2, 0.25) is 0 Å². The van der Waals surface area contributed by atoms with Gasteiger partial charge >= 0.3 is 0 Å². The van der Waals surface area contributed by atoms with Gasteiger partial charge < -0.3 is 14.6 Å². The normalized spacial score (nSPS) is 26.5. The van der Waals surface area contributed by atoms with Crippen LogP contribution in [0, 0.1) is 5.41 Å². The van der Waals surface area contributed by atoms with Crippen LogP contribution < -0.4 is 5.32 Å². The third-order valence-corrected chi connectivity index (χ3v) is 5.04. The maximum Gasteiger partial charge on any atom is 0.273 e. The zero-order valence-electron chi connectivity index (χ0n) is 13.7. The van der Waals surface area contributed by atoms with E-state index in [1.165, 1.54) is 0 Å². The molecule has 0 spiro atoms. The van der Waals surface area contributed by atoms with E-state index >= 15 is 0 Å². The van der Waals surface area contributed by atoms with Crippen molar-refractivity contribution in [3.05, 3.63) is 17.5 Å². The molecule has 5 nitrogen and oxygen atoms in total. The monoisotopic (exact) mass is 306 g/mol. The standard InChI is InChI=1S/C17H26N2O3/c1-4-5-8-21-15-10-14(17(15,2)3)18-16(20)12-9-13(22-19-12)11-6-7-11/h9,11,14-15H,4-8,10H2,1-3H3,(H,18,20). The zero-order valence-corrected chi connectivity index (χ0v) is 13.7. The Labute approximate surface area is 131 Å². The van der Waals surface area contributed by atoms with E-state index in [2.05, 4.69) is 31.2 Å². The highest BCUT2D eigenvalue weighted by Gasteiger charge is 2.49. The molecule has 3 rings (SSSR count). The lowest BCUT2D eigenvalue weighted by atomic mass is 9.64. The average Bonchev–Trinajstić information content (AvgIpc) is 3.22. The van der Waals surface area contributed by atoms with Crippen molar-refractivity contribution in [2.75, 3.05) is 6.61 Å². The van der Waals surface area contributed by atoms with Gasteiger partial charge in [-0.25, -0.2) is 0 Å². The molecule has 5 heteroatoms. The van der Waals surface area contributed by atoms with E-state index in [1.54, 1.807) is 6.07 Å². The van der Waals surface area contributed by atoms with E-state index in [-0.39, 0.29) is 23.5 Å². The van der Waals surface area contributed by atoms with Gasteiger partial charge in [0.2, 0.25) is 0 Å². The van der Waals surface area contributed by atoms with Crippen LogP contribution in [0.25, 0.3) is 0 Å². The van der Waals surface area contributed by atoms with Crippen molar-refractivity contribution >= 4 is 5.91 Å². The van der Waals surface area contributed by atoms with Crippen molar-refractivity contribution in [1.29, 1.82) is 0 Å². The van der Waals surface area contributed by atoms with Gasteiger partial charge in [0.25, 0.3) is 5.91 Å². The molecule has 1 heterocycles. The lowest BCUT2D eigenvalue weighted by molar-refractivity contribution is -0.115. The molecular weight excluding hydrogens is 280 g/mol. The van der Waals surface area contributed by atoms with Crippen molar-refractivity contribution in [3.8, 4) is 0 Å². The second kappa shape index (κ2) is 6.03. The van der Waals surface area contributed by atoms with Crippen LogP contribution in [0.4, 0.5) is 0 Å². The van der Waals surface area contributed by atoms with Crippen LogP contribution in [0.3, 0.4) is 0 Å². The smallest absolute Gasteiger partial charge is 0.273 e. The van der Waals surface area contributed by atoms with E-state index in [4.69, 9.17) is 9.26 Å². The lowest BCUT2D eigenvalue weighted by Gasteiger charge is -2.51. The second-order valence-corrected chi connectivity index (χ2v) is 7.18. The summed E-state index contributed by atoms with van der Waals surface area (Å²) in [7, 11) is 0. The van der Waals surface area contributed by atoms with Crippen molar-refractivity contribution in [2.45, 2.75) is 70.9 Å². The minimum Gasteiger partial charge on any atom is -0.378 e. The molecule has 22 heavy (non-hydrogen) atoms. The quantitative estimate of drug-likeness (QED) is 0.785. The zero-order chi connectivity index (χ0) is 15.7. The molecule has 2 atom stereocenters. The van der Waals surface area contributed by atoms with Crippen molar-refractivity contribution < 1.29 is 14.1 Å². The first-order chi connectivity index (χ1) is 10.5. The summed E-state index contributed by atoms with van der Waals surface area (Å²) in [6.45, 7) is 7.26. The fourth-order valence-corrected chi connectivity index (χ4v) is 2.97. The Morgan fingerprint density at radius 3 is 2.91 bits per heavy atom. The van der Waals surface area contributed by atoms with Gasteiger partial charge in [-0.3, -0.25) is 4.79 Å². The molecule has 1 aromatic rings. The minimum absolute atomic E-state index is 0.0353. The van der Waals surface area contributed by atoms with Crippen molar-refractivity contribution in [3.63, 3.8) is 0 Å².